The van der Waals surface area contributed by atoms with Crippen molar-refractivity contribution in [1.82, 2.24) is 0 Å². The number of carbonyl (C=O) groups excluding carboxylic acids is 1. The average molecular weight is 423 g/mol. The summed E-state index contributed by atoms with van der Waals surface area (Å²) in [7, 11) is 1.38. The molecule has 32 heavy (non-hydrogen) atoms. The molecule has 160 valence electrons. The minimum atomic E-state index is -0.335. The van der Waals surface area contributed by atoms with Crippen LogP contribution < -0.4 is 5.32 Å². The molecule has 0 amide bonds. The quantitative estimate of drug-likeness (QED) is 0.302. The van der Waals surface area contributed by atoms with Gasteiger partial charge in [-0.15, -0.1) is 0 Å². The zero-order valence-electron chi connectivity index (χ0n) is 18.3. The number of ether oxygens (including phenoxy) is 1. The van der Waals surface area contributed by atoms with Crippen molar-refractivity contribution in [2.24, 2.45) is 10.9 Å². The predicted octanol–water partition coefficient (Wildman–Crippen LogP) is 6.36. The Balaban J connectivity index is 1.33. The Kier molecular flexibility index (Phi) is 5.36. The van der Waals surface area contributed by atoms with E-state index in [-0.39, 0.29) is 12.0 Å². The summed E-state index contributed by atoms with van der Waals surface area (Å²) in [6.07, 6.45) is 7.61. The summed E-state index contributed by atoms with van der Waals surface area (Å²) in [6.45, 7) is 2.16. The smallest absolute Gasteiger partial charge is 0.337 e. The van der Waals surface area contributed by atoms with E-state index in [9.17, 15) is 4.79 Å². The van der Waals surface area contributed by atoms with Crippen molar-refractivity contribution in [2.75, 3.05) is 12.4 Å². The molecule has 3 aromatic carbocycles. The molecule has 0 saturated carbocycles. The number of hydrogen-bond acceptors (Lipinski definition) is 4. The fourth-order valence-electron chi connectivity index (χ4n) is 4.78. The topological polar surface area (TPSA) is 50.7 Å². The molecule has 0 fully saturated rings. The van der Waals surface area contributed by atoms with Gasteiger partial charge < -0.3 is 10.1 Å². The van der Waals surface area contributed by atoms with Gasteiger partial charge in [-0.3, -0.25) is 4.99 Å². The highest BCUT2D eigenvalue weighted by Gasteiger charge is 2.37. The lowest BCUT2D eigenvalue weighted by Gasteiger charge is -2.37. The Morgan fingerprint density at radius 3 is 2.59 bits per heavy atom. The van der Waals surface area contributed by atoms with Gasteiger partial charge in [0.2, 0.25) is 0 Å². The summed E-state index contributed by atoms with van der Waals surface area (Å²) >= 11 is 0. The number of rotatable bonds is 4. The van der Waals surface area contributed by atoms with E-state index in [0.717, 1.165) is 17.7 Å². The Morgan fingerprint density at radius 1 is 1.06 bits per heavy atom. The second-order valence-electron chi connectivity index (χ2n) is 8.53. The zero-order chi connectivity index (χ0) is 22.1. The van der Waals surface area contributed by atoms with Gasteiger partial charge in [0.25, 0.3) is 0 Å². The molecule has 0 bridgehead atoms. The van der Waals surface area contributed by atoms with Crippen LogP contribution in [-0.4, -0.2) is 19.3 Å². The number of nitrogens with one attached hydrogen (secondary N) is 1. The lowest BCUT2D eigenvalue weighted by molar-refractivity contribution is 0.0600. The number of fused-ring (bicyclic) bond motifs is 3. The maximum absolute atomic E-state index is 11.6. The third-order valence-electron chi connectivity index (χ3n) is 6.46. The van der Waals surface area contributed by atoms with E-state index in [4.69, 9.17) is 4.74 Å². The van der Waals surface area contributed by atoms with Crippen LogP contribution in [-0.2, 0) is 4.74 Å². The number of aliphatic imine (C=N–C) groups is 1. The van der Waals surface area contributed by atoms with Gasteiger partial charge in [-0.05, 0) is 66.3 Å². The number of esters is 1. The van der Waals surface area contributed by atoms with Crippen molar-refractivity contribution in [1.29, 1.82) is 0 Å². The van der Waals surface area contributed by atoms with E-state index in [0.29, 0.717) is 17.4 Å². The lowest BCUT2D eigenvalue weighted by Crippen LogP contribution is -2.29. The van der Waals surface area contributed by atoms with E-state index in [1.54, 1.807) is 12.1 Å². The number of carbonyl (C=O) groups is 1. The molecule has 5 rings (SSSR count). The molecule has 3 aromatic rings. The summed E-state index contributed by atoms with van der Waals surface area (Å²) in [4.78, 5) is 16.1. The van der Waals surface area contributed by atoms with Crippen LogP contribution in [0, 0.1) is 12.8 Å². The summed E-state index contributed by atoms with van der Waals surface area (Å²) < 4.78 is 4.74. The van der Waals surface area contributed by atoms with E-state index in [2.05, 4.69) is 71.8 Å². The monoisotopic (exact) mass is 422 g/mol. The van der Waals surface area contributed by atoms with Crippen LogP contribution in [0.15, 0.2) is 83.9 Å². The maximum atomic E-state index is 11.6. The van der Waals surface area contributed by atoms with Crippen molar-refractivity contribution in [2.45, 2.75) is 25.3 Å². The Hall–Kier alpha value is -3.66. The third-order valence-corrected chi connectivity index (χ3v) is 6.46. The van der Waals surface area contributed by atoms with Crippen LogP contribution in [0.5, 0.6) is 0 Å². The largest absolute Gasteiger partial charge is 0.465 e. The van der Waals surface area contributed by atoms with E-state index < -0.39 is 0 Å². The van der Waals surface area contributed by atoms with E-state index in [1.165, 1.54) is 29.5 Å². The van der Waals surface area contributed by atoms with Gasteiger partial charge in [0.15, 0.2) is 0 Å². The van der Waals surface area contributed by atoms with Gasteiger partial charge >= 0.3 is 5.97 Å². The van der Waals surface area contributed by atoms with E-state index in [1.807, 2.05) is 18.3 Å². The highest BCUT2D eigenvalue weighted by molar-refractivity contribution is 5.91. The molecule has 4 nitrogen and oxygen atoms in total. The van der Waals surface area contributed by atoms with Gasteiger partial charge in [-0.2, -0.15) is 0 Å². The summed E-state index contributed by atoms with van der Waals surface area (Å²) in [6, 6.07) is 22.7. The minimum absolute atomic E-state index is 0.286. The highest BCUT2D eigenvalue weighted by Crippen LogP contribution is 2.50. The second-order valence-corrected chi connectivity index (χ2v) is 8.53. The molecule has 0 unspecified atom stereocenters. The van der Waals surface area contributed by atoms with Crippen LogP contribution in [0.3, 0.4) is 0 Å². The van der Waals surface area contributed by atoms with Crippen LogP contribution in [0.4, 0.5) is 11.4 Å². The summed E-state index contributed by atoms with van der Waals surface area (Å²) in [5, 5.41) is 3.79. The molecule has 1 heterocycles. The highest BCUT2D eigenvalue weighted by atomic mass is 16.5. The fourth-order valence-corrected chi connectivity index (χ4v) is 4.78. The van der Waals surface area contributed by atoms with Crippen LogP contribution >= 0.6 is 0 Å². The molecular weight excluding hydrogens is 396 g/mol. The van der Waals surface area contributed by atoms with Gasteiger partial charge in [0.1, 0.15) is 0 Å². The second kappa shape index (κ2) is 8.46. The van der Waals surface area contributed by atoms with E-state index >= 15 is 0 Å². The number of benzene rings is 3. The molecule has 3 atom stereocenters. The van der Waals surface area contributed by atoms with Gasteiger partial charge in [-0.25, -0.2) is 4.79 Å². The Morgan fingerprint density at radius 2 is 1.84 bits per heavy atom. The maximum Gasteiger partial charge on any atom is 0.337 e. The number of anilines is 1. The van der Waals surface area contributed by atoms with Crippen molar-refractivity contribution < 1.29 is 9.53 Å². The van der Waals surface area contributed by atoms with Gasteiger partial charge in [-0.1, -0.05) is 54.1 Å². The summed E-state index contributed by atoms with van der Waals surface area (Å²) in [5.41, 5.74) is 7.62. The molecule has 4 heteroatoms. The van der Waals surface area contributed by atoms with Crippen LogP contribution in [0.2, 0.25) is 0 Å². The van der Waals surface area contributed by atoms with Crippen LogP contribution in [0.25, 0.3) is 0 Å². The summed E-state index contributed by atoms with van der Waals surface area (Å²) in [5.74, 6) is 0.673. The van der Waals surface area contributed by atoms with Crippen molar-refractivity contribution in [3.8, 4) is 0 Å². The van der Waals surface area contributed by atoms with Gasteiger partial charge in [0.05, 0.1) is 24.4 Å². The normalized spacial score (nSPS) is 21.1. The molecule has 1 aliphatic heterocycles. The lowest BCUT2D eigenvalue weighted by atomic mass is 9.76. The number of aryl methyl sites for hydroxylation is 1. The molecule has 1 aliphatic carbocycles. The molecule has 1 N–H and O–H groups in total. The molecule has 0 saturated heterocycles. The molecule has 0 aromatic heterocycles. The molecule has 0 spiro atoms. The van der Waals surface area contributed by atoms with Crippen LogP contribution in [0.1, 0.15) is 51.0 Å². The standard InChI is InChI=1S/C28H26N2O2/c1-18-6-15-26-25(16-18)23-4-3-5-24(23)27(30-26)20-11-13-22(14-12-20)29-17-19-7-9-21(10-8-19)28(31)32-2/h3-4,6-17,23-24,27,30H,5H2,1-2H3/t23-,24-,27-/m0/s1. The van der Waals surface area contributed by atoms with Crippen molar-refractivity contribution in [3.63, 3.8) is 0 Å². The molecule has 2 aliphatic rings. The Bertz CT molecular complexity index is 1190. The molecular formula is C28H26N2O2. The predicted molar refractivity (Wildman–Crippen MR) is 129 cm³/mol. The Labute approximate surface area is 188 Å². The number of allylic oxidation sites excluding steroid dienone is 2. The zero-order valence-corrected chi connectivity index (χ0v) is 18.3. The number of hydrogen-bond donors (Lipinski definition) is 1. The number of nitrogens with zero attached hydrogens (tertiary/aromatic N) is 1. The van der Waals surface area contributed by atoms with Gasteiger partial charge in [0, 0.05) is 17.8 Å². The number of methoxy groups -OCH3 is 1. The SMILES string of the molecule is COC(=O)c1ccc(C=Nc2ccc([C@@H]3Nc4ccc(C)cc4[C@H]4C=CC[C@@H]43)cc2)cc1. The van der Waals surface area contributed by atoms with Crippen molar-refractivity contribution >= 4 is 23.6 Å². The minimum Gasteiger partial charge on any atom is -0.465 e. The first kappa shape index (κ1) is 20.3. The first-order valence-electron chi connectivity index (χ1n) is 11.0. The van der Waals surface area contributed by atoms with Crippen molar-refractivity contribution in [3.05, 3.63) is 107 Å². The average Bonchev–Trinajstić information content (AvgIpc) is 3.33. The third kappa shape index (κ3) is 3.84. The fraction of sp³-hybridized carbons (Fsp3) is 0.214. The first-order chi connectivity index (χ1) is 15.6. The first-order valence-corrected chi connectivity index (χ1v) is 11.0. The molecule has 0 radical (unpaired) electrons.